The summed E-state index contributed by atoms with van der Waals surface area (Å²) in [5.41, 5.74) is 1.09. The lowest BCUT2D eigenvalue weighted by Crippen LogP contribution is -2.03. The molecule has 1 aliphatic rings. The Morgan fingerprint density at radius 2 is 2.14 bits per heavy atom. The summed E-state index contributed by atoms with van der Waals surface area (Å²) in [6.45, 7) is 6.10. The summed E-state index contributed by atoms with van der Waals surface area (Å²) in [4.78, 5) is 10.9. The lowest BCUT2D eigenvalue weighted by Gasteiger charge is -1.99. The highest BCUT2D eigenvalue weighted by atomic mass is 16.6. The van der Waals surface area contributed by atoms with Gasteiger partial charge in [-0.05, 0) is 33.6 Å². The highest BCUT2D eigenvalue weighted by molar-refractivity contribution is 5.82. The Morgan fingerprint density at radius 1 is 1.57 bits per heavy atom. The van der Waals surface area contributed by atoms with Crippen LogP contribution in [0.5, 0.6) is 0 Å². The summed E-state index contributed by atoms with van der Waals surface area (Å²) in [6, 6.07) is 0. The summed E-state index contributed by atoms with van der Waals surface area (Å²) in [6.07, 6.45) is 3.76. The first-order valence-electron chi connectivity index (χ1n) is 4.88. The second kappa shape index (κ2) is 4.13. The van der Waals surface area contributed by atoms with Gasteiger partial charge in [0.2, 0.25) is 0 Å². The van der Waals surface area contributed by atoms with Crippen LogP contribution in [-0.2, 0) is 14.3 Å². The zero-order valence-corrected chi connectivity index (χ0v) is 9.29. The van der Waals surface area contributed by atoms with Crippen molar-refractivity contribution >= 4 is 5.97 Å². The molecule has 0 aromatic heterocycles. The molecule has 0 amide bonds. The van der Waals surface area contributed by atoms with Crippen molar-refractivity contribution < 1.29 is 14.3 Å². The van der Waals surface area contributed by atoms with E-state index < -0.39 is 0 Å². The van der Waals surface area contributed by atoms with E-state index in [1.807, 2.05) is 6.92 Å². The van der Waals surface area contributed by atoms with Gasteiger partial charge in [0.25, 0.3) is 0 Å². The SMILES string of the molecule is COC(=O)/C=C(/C)CC[C@@H]1OC1(C)C. The Labute approximate surface area is 85.1 Å². The van der Waals surface area contributed by atoms with Crippen molar-refractivity contribution in [1.29, 1.82) is 0 Å². The lowest BCUT2D eigenvalue weighted by atomic mass is 10.0. The number of allylic oxidation sites excluding steroid dienone is 1. The molecule has 1 rings (SSSR count). The van der Waals surface area contributed by atoms with Gasteiger partial charge in [-0.3, -0.25) is 0 Å². The van der Waals surface area contributed by atoms with Gasteiger partial charge in [-0.1, -0.05) is 5.57 Å². The molecule has 0 aromatic rings. The first-order chi connectivity index (χ1) is 6.45. The number of hydrogen-bond donors (Lipinski definition) is 0. The highest BCUT2D eigenvalue weighted by Crippen LogP contribution is 2.38. The fraction of sp³-hybridized carbons (Fsp3) is 0.727. The Hall–Kier alpha value is -0.830. The van der Waals surface area contributed by atoms with Crippen LogP contribution < -0.4 is 0 Å². The number of carbonyl (C=O) groups is 1. The first kappa shape index (κ1) is 11.2. The quantitative estimate of drug-likeness (QED) is 0.394. The molecule has 80 valence electrons. The molecular formula is C11H18O3. The van der Waals surface area contributed by atoms with E-state index in [0.29, 0.717) is 6.10 Å². The molecule has 1 aliphatic heterocycles. The molecule has 1 atom stereocenters. The van der Waals surface area contributed by atoms with Crippen LogP contribution in [0.2, 0.25) is 0 Å². The van der Waals surface area contributed by atoms with E-state index in [1.165, 1.54) is 13.2 Å². The molecule has 14 heavy (non-hydrogen) atoms. The predicted octanol–water partition coefficient (Wildman–Crippen LogP) is 2.06. The molecule has 0 N–H and O–H groups in total. The summed E-state index contributed by atoms with van der Waals surface area (Å²) >= 11 is 0. The van der Waals surface area contributed by atoms with Gasteiger partial charge >= 0.3 is 5.97 Å². The number of carbonyl (C=O) groups excluding carboxylic acids is 1. The summed E-state index contributed by atoms with van der Waals surface area (Å²) in [5.74, 6) is -0.279. The molecule has 0 unspecified atom stereocenters. The summed E-state index contributed by atoms with van der Waals surface area (Å²) < 4.78 is 9.98. The Bertz CT molecular complexity index is 253. The van der Waals surface area contributed by atoms with E-state index in [-0.39, 0.29) is 11.6 Å². The smallest absolute Gasteiger partial charge is 0.330 e. The van der Waals surface area contributed by atoms with Crippen molar-refractivity contribution in [1.82, 2.24) is 0 Å². The third-order valence-corrected chi connectivity index (χ3v) is 2.53. The summed E-state index contributed by atoms with van der Waals surface area (Å²) in [7, 11) is 1.39. The van der Waals surface area contributed by atoms with Gasteiger partial charge in [0.15, 0.2) is 0 Å². The molecule has 1 fully saturated rings. The fourth-order valence-electron chi connectivity index (χ4n) is 1.43. The Balaban J connectivity index is 2.25. The average Bonchev–Trinajstić information content (AvgIpc) is 2.70. The van der Waals surface area contributed by atoms with Gasteiger partial charge < -0.3 is 9.47 Å². The highest BCUT2D eigenvalue weighted by Gasteiger charge is 2.46. The van der Waals surface area contributed by atoms with E-state index in [4.69, 9.17) is 4.74 Å². The van der Waals surface area contributed by atoms with Crippen molar-refractivity contribution in [3.05, 3.63) is 11.6 Å². The van der Waals surface area contributed by atoms with Gasteiger partial charge in [-0.25, -0.2) is 4.79 Å². The van der Waals surface area contributed by atoms with E-state index in [0.717, 1.165) is 18.4 Å². The minimum Gasteiger partial charge on any atom is -0.466 e. The van der Waals surface area contributed by atoms with Crippen LogP contribution in [0.4, 0.5) is 0 Å². The van der Waals surface area contributed by atoms with Crippen molar-refractivity contribution in [2.45, 2.75) is 45.3 Å². The molecule has 0 saturated carbocycles. The first-order valence-corrected chi connectivity index (χ1v) is 4.88. The van der Waals surface area contributed by atoms with Crippen molar-refractivity contribution in [2.24, 2.45) is 0 Å². The average molecular weight is 198 g/mol. The van der Waals surface area contributed by atoms with Gasteiger partial charge in [0.1, 0.15) is 0 Å². The maximum absolute atomic E-state index is 10.9. The van der Waals surface area contributed by atoms with Gasteiger partial charge in [-0.2, -0.15) is 0 Å². The van der Waals surface area contributed by atoms with Gasteiger partial charge in [0.05, 0.1) is 18.8 Å². The van der Waals surface area contributed by atoms with Gasteiger partial charge in [0, 0.05) is 6.08 Å². The largest absolute Gasteiger partial charge is 0.466 e. The number of ether oxygens (including phenoxy) is 2. The standard InChI is InChI=1S/C11H18O3/c1-8(7-10(12)13-4)5-6-9-11(2,3)14-9/h7,9H,5-6H2,1-4H3/b8-7-/t9-/m0/s1. The molecule has 3 heteroatoms. The number of epoxide rings is 1. The zero-order chi connectivity index (χ0) is 10.8. The Kier molecular flexibility index (Phi) is 3.32. The fourth-order valence-corrected chi connectivity index (χ4v) is 1.43. The van der Waals surface area contributed by atoms with Crippen LogP contribution in [0.15, 0.2) is 11.6 Å². The van der Waals surface area contributed by atoms with E-state index in [1.54, 1.807) is 0 Å². The molecule has 0 spiro atoms. The number of methoxy groups -OCH3 is 1. The van der Waals surface area contributed by atoms with Crippen LogP contribution in [-0.4, -0.2) is 24.8 Å². The normalized spacial score (nSPS) is 24.6. The zero-order valence-electron chi connectivity index (χ0n) is 9.29. The van der Waals surface area contributed by atoms with Crippen molar-refractivity contribution in [3.8, 4) is 0 Å². The van der Waals surface area contributed by atoms with Crippen molar-refractivity contribution in [3.63, 3.8) is 0 Å². The van der Waals surface area contributed by atoms with Crippen LogP contribution in [0.1, 0.15) is 33.6 Å². The van der Waals surface area contributed by atoms with Crippen LogP contribution in [0, 0.1) is 0 Å². The predicted molar refractivity (Wildman–Crippen MR) is 54.0 cm³/mol. The Morgan fingerprint density at radius 3 is 2.57 bits per heavy atom. The van der Waals surface area contributed by atoms with Crippen LogP contribution in [0.25, 0.3) is 0 Å². The van der Waals surface area contributed by atoms with Crippen molar-refractivity contribution in [2.75, 3.05) is 7.11 Å². The topological polar surface area (TPSA) is 38.8 Å². The third-order valence-electron chi connectivity index (χ3n) is 2.53. The maximum atomic E-state index is 10.9. The second-order valence-corrected chi connectivity index (χ2v) is 4.26. The maximum Gasteiger partial charge on any atom is 0.330 e. The molecule has 0 radical (unpaired) electrons. The van der Waals surface area contributed by atoms with Crippen LogP contribution >= 0.6 is 0 Å². The van der Waals surface area contributed by atoms with Gasteiger partial charge in [-0.15, -0.1) is 0 Å². The van der Waals surface area contributed by atoms with E-state index >= 15 is 0 Å². The third kappa shape index (κ3) is 3.14. The molecule has 1 saturated heterocycles. The van der Waals surface area contributed by atoms with E-state index in [9.17, 15) is 4.79 Å². The number of rotatable bonds is 4. The minimum absolute atomic E-state index is 0.0472. The second-order valence-electron chi connectivity index (χ2n) is 4.26. The summed E-state index contributed by atoms with van der Waals surface area (Å²) in [5, 5.41) is 0. The monoisotopic (exact) mass is 198 g/mol. The molecule has 3 nitrogen and oxygen atoms in total. The molecular weight excluding hydrogens is 180 g/mol. The van der Waals surface area contributed by atoms with E-state index in [2.05, 4.69) is 18.6 Å². The molecule has 0 aromatic carbocycles. The number of hydrogen-bond acceptors (Lipinski definition) is 3. The molecule has 1 heterocycles. The lowest BCUT2D eigenvalue weighted by molar-refractivity contribution is -0.134. The molecule has 0 bridgehead atoms. The minimum atomic E-state index is -0.279. The number of esters is 1. The molecule has 0 aliphatic carbocycles. The van der Waals surface area contributed by atoms with Crippen LogP contribution in [0.3, 0.4) is 0 Å².